The molecule has 0 rings (SSSR count). The molecule has 328 valence electrons. The highest BCUT2D eigenvalue weighted by molar-refractivity contribution is 5.70. The second-order valence-electron chi connectivity index (χ2n) is 14.9. The molecule has 0 bridgehead atoms. The molecule has 0 N–H and O–H groups in total. The summed E-state index contributed by atoms with van der Waals surface area (Å²) in [6, 6.07) is 0. The highest BCUT2D eigenvalue weighted by Gasteiger charge is 2.17. The Morgan fingerprint density at radius 1 is 0.397 bits per heavy atom. The molecule has 5 nitrogen and oxygen atoms in total. The van der Waals surface area contributed by atoms with Crippen molar-refractivity contribution in [1.29, 1.82) is 0 Å². The lowest BCUT2D eigenvalue weighted by Gasteiger charge is -2.18. The third kappa shape index (κ3) is 45.3. The van der Waals surface area contributed by atoms with Crippen LogP contribution in [0.4, 0.5) is 0 Å². The molecular formula is C53H86O5. The molecule has 0 amide bonds. The first-order valence-electron chi connectivity index (χ1n) is 23.4. The average molecular weight is 803 g/mol. The summed E-state index contributed by atoms with van der Waals surface area (Å²) in [5.41, 5.74) is 0. The van der Waals surface area contributed by atoms with Crippen molar-refractivity contribution in [2.45, 2.75) is 194 Å². The van der Waals surface area contributed by atoms with Gasteiger partial charge in [-0.3, -0.25) is 9.59 Å². The first-order chi connectivity index (χ1) is 28.6. The van der Waals surface area contributed by atoms with Gasteiger partial charge in [-0.15, -0.1) is 0 Å². The summed E-state index contributed by atoms with van der Waals surface area (Å²) in [6.07, 6.45) is 65.3. The molecule has 1 unspecified atom stereocenters. The fourth-order valence-corrected chi connectivity index (χ4v) is 5.90. The number of rotatable bonds is 41. The number of allylic oxidation sites excluding steroid dienone is 18. The molecule has 58 heavy (non-hydrogen) atoms. The Balaban J connectivity index is 4.39. The Morgan fingerprint density at radius 2 is 0.810 bits per heavy atom. The van der Waals surface area contributed by atoms with Gasteiger partial charge >= 0.3 is 11.9 Å². The predicted molar refractivity (Wildman–Crippen MR) is 251 cm³/mol. The molecule has 0 heterocycles. The molecule has 0 aliphatic carbocycles. The first kappa shape index (κ1) is 54.6. The maximum absolute atomic E-state index is 12.7. The highest BCUT2D eigenvalue weighted by Crippen LogP contribution is 2.12. The molecule has 0 aromatic heterocycles. The van der Waals surface area contributed by atoms with Gasteiger partial charge in [0.2, 0.25) is 0 Å². The zero-order valence-corrected chi connectivity index (χ0v) is 37.5. The highest BCUT2D eigenvalue weighted by atomic mass is 16.6. The van der Waals surface area contributed by atoms with Crippen molar-refractivity contribution in [3.63, 3.8) is 0 Å². The van der Waals surface area contributed by atoms with Crippen LogP contribution in [0.3, 0.4) is 0 Å². The summed E-state index contributed by atoms with van der Waals surface area (Å²) >= 11 is 0. The van der Waals surface area contributed by atoms with Gasteiger partial charge < -0.3 is 14.2 Å². The largest absolute Gasteiger partial charge is 0.462 e. The summed E-state index contributed by atoms with van der Waals surface area (Å²) in [5.74, 6) is -0.517. The van der Waals surface area contributed by atoms with Crippen LogP contribution in [0, 0.1) is 0 Å². The molecule has 1 atom stereocenters. The van der Waals surface area contributed by atoms with Gasteiger partial charge in [0.25, 0.3) is 0 Å². The van der Waals surface area contributed by atoms with Crippen LogP contribution in [0.2, 0.25) is 0 Å². The number of hydrogen-bond donors (Lipinski definition) is 0. The third-order valence-electron chi connectivity index (χ3n) is 9.32. The molecule has 0 aromatic rings. The lowest BCUT2D eigenvalue weighted by atomic mass is 10.1. The number of esters is 2. The Bertz CT molecular complexity index is 1180. The number of ether oxygens (including phenoxy) is 3. The van der Waals surface area contributed by atoms with Crippen LogP contribution in [-0.4, -0.2) is 37.9 Å². The van der Waals surface area contributed by atoms with Gasteiger partial charge in [-0.2, -0.15) is 0 Å². The maximum Gasteiger partial charge on any atom is 0.306 e. The van der Waals surface area contributed by atoms with E-state index < -0.39 is 6.10 Å². The van der Waals surface area contributed by atoms with Crippen LogP contribution < -0.4 is 0 Å². The standard InChI is InChI=1S/C53H86O5/c1-4-7-10-13-16-19-21-23-25-26-27-28-29-30-32-35-37-40-43-46-52(54)57-50-51(58-53(55)47-44-41-38-34-18-15-12-9-6-3)49-56-48-45-42-39-36-33-31-24-22-20-17-14-11-8-5-2/h7-8,10-11,16-17,19-20,23-25,27-28,30-32,37,40,51H,4-6,9,12-15,18,21-22,26,29,33-36,38-39,41-50H2,1-3H3/b10-7-,11-8-,19-16-,20-17-,25-23-,28-27-,31-24-,32-30-,40-37-. The predicted octanol–water partition coefficient (Wildman–Crippen LogP) is 15.7. The van der Waals surface area contributed by atoms with E-state index in [0.29, 0.717) is 25.9 Å². The van der Waals surface area contributed by atoms with E-state index in [4.69, 9.17) is 14.2 Å². The zero-order chi connectivity index (χ0) is 42.1. The Hall–Kier alpha value is -3.44. The lowest BCUT2D eigenvalue weighted by molar-refractivity contribution is -0.162. The smallest absolute Gasteiger partial charge is 0.306 e. The summed E-state index contributed by atoms with van der Waals surface area (Å²) in [6.45, 7) is 7.43. The Morgan fingerprint density at radius 3 is 1.31 bits per heavy atom. The van der Waals surface area contributed by atoms with Gasteiger partial charge in [-0.1, -0.05) is 194 Å². The minimum absolute atomic E-state index is 0.0308. The second-order valence-corrected chi connectivity index (χ2v) is 14.9. The molecule has 0 saturated carbocycles. The third-order valence-corrected chi connectivity index (χ3v) is 9.32. The summed E-state index contributed by atoms with van der Waals surface area (Å²) in [7, 11) is 0. The second kappa shape index (κ2) is 47.9. The molecule has 0 fully saturated rings. The topological polar surface area (TPSA) is 61.8 Å². The summed E-state index contributed by atoms with van der Waals surface area (Å²) in [4.78, 5) is 25.2. The molecule has 0 radical (unpaired) electrons. The Kier molecular flexibility index (Phi) is 45.1. The maximum atomic E-state index is 12.7. The van der Waals surface area contributed by atoms with Gasteiger partial charge in [0.15, 0.2) is 6.10 Å². The van der Waals surface area contributed by atoms with Gasteiger partial charge in [0.05, 0.1) is 6.61 Å². The van der Waals surface area contributed by atoms with E-state index in [2.05, 4.69) is 124 Å². The van der Waals surface area contributed by atoms with Crippen molar-refractivity contribution in [2.75, 3.05) is 19.8 Å². The van der Waals surface area contributed by atoms with Crippen LogP contribution in [-0.2, 0) is 23.8 Å². The molecule has 0 aliphatic heterocycles. The molecule has 0 aromatic carbocycles. The number of unbranched alkanes of at least 4 members (excludes halogenated alkanes) is 12. The first-order valence-corrected chi connectivity index (χ1v) is 23.4. The van der Waals surface area contributed by atoms with E-state index in [1.807, 2.05) is 6.08 Å². The minimum Gasteiger partial charge on any atom is -0.462 e. The van der Waals surface area contributed by atoms with Crippen molar-refractivity contribution < 1.29 is 23.8 Å². The Labute approximate surface area is 357 Å². The summed E-state index contributed by atoms with van der Waals surface area (Å²) < 4.78 is 17.2. The van der Waals surface area contributed by atoms with Crippen LogP contribution in [0.1, 0.15) is 188 Å². The van der Waals surface area contributed by atoms with Crippen molar-refractivity contribution in [3.8, 4) is 0 Å². The van der Waals surface area contributed by atoms with Crippen molar-refractivity contribution >= 4 is 11.9 Å². The van der Waals surface area contributed by atoms with E-state index in [1.54, 1.807) is 0 Å². The number of carbonyl (C=O) groups excluding carboxylic acids is 2. The van der Waals surface area contributed by atoms with Gasteiger partial charge in [-0.25, -0.2) is 0 Å². The van der Waals surface area contributed by atoms with E-state index in [1.165, 1.54) is 44.9 Å². The van der Waals surface area contributed by atoms with Gasteiger partial charge in [0.1, 0.15) is 6.61 Å². The monoisotopic (exact) mass is 803 g/mol. The fraction of sp³-hybridized carbons (Fsp3) is 0.623. The van der Waals surface area contributed by atoms with Crippen LogP contribution in [0.25, 0.3) is 0 Å². The normalized spacial score (nSPS) is 13.2. The molecule has 0 spiro atoms. The van der Waals surface area contributed by atoms with E-state index in [0.717, 1.165) is 103 Å². The quantitative estimate of drug-likeness (QED) is 0.0350. The number of hydrogen-bond acceptors (Lipinski definition) is 5. The van der Waals surface area contributed by atoms with Crippen LogP contribution >= 0.6 is 0 Å². The fourth-order valence-electron chi connectivity index (χ4n) is 5.90. The summed E-state index contributed by atoms with van der Waals surface area (Å²) in [5, 5.41) is 0. The number of carbonyl (C=O) groups is 2. The van der Waals surface area contributed by atoms with Crippen LogP contribution in [0.5, 0.6) is 0 Å². The minimum atomic E-state index is -0.581. The lowest BCUT2D eigenvalue weighted by Crippen LogP contribution is -2.30. The van der Waals surface area contributed by atoms with Crippen molar-refractivity contribution in [2.24, 2.45) is 0 Å². The van der Waals surface area contributed by atoms with E-state index in [-0.39, 0.29) is 25.2 Å². The zero-order valence-electron chi connectivity index (χ0n) is 37.5. The van der Waals surface area contributed by atoms with E-state index in [9.17, 15) is 9.59 Å². The molecule has 5 heteroatoms. The van der Waals surface area contributed by atoms with Crippen LogP contribution in [0.15, 0.2) is 109 Å². The van der Waals surface area contributed by atoms with Gasteiger partial charge in [-0.05, 0) is 89.9 Å². The van der Waals surface area contributed by atoms with Crippen molar-refractivity contribution in [3.05, 3.63) is 109 Å². The van der Waals surface area contributed by atoms with Crippen molar-refractivity contribution in [1.82, 2.24) is 0 Å². The molecular weight excluding hydrogens is 717 g/mol. The SMILES string of the molecule is CC/C=C\C/C=C\C/C=C\C/C=C\C/C=C\C/C=C\CCC(=O)OCC(COCCCCCC/C=C\C/C=C\C/C=C\CC)OC(=O)CCCCCCCCCCC. The molecule has 0 saturated heterocycles. The van der Waals surface area contributed by atoms with E-state index >= 15 is 0 Å². The molecule has 0 aliphatic rings. The van der Waals surface area contributed by atoms with Gasteiger partial charge in [0, 0.05) is 19.4 Å². The average Bonchev–Trinajstić information content (AvgIpc) is 3.22.